The van der Waals surface area contributed by atoms with Crippen LogP contribution in [0, 0.1) is 0 Å². The number of para-hydroxylation sites is 2. The van der Waals surface area contributed by atoms with Crippen molar-refractivity contribution in [3.8, 4) is 16.8 Å². The number of esters is 1. The van der Waals surface area contributed by atoms with E-state index in [-0.39, 0.29) is 23.8 Å². The van der Waals surface area contributed by atoms with E-state index in [1.807, 2.05) is 72.1 Å². The average molecular weight is 542 g/mol. The first-order valence-corrected chi connectivity index (χ1v) is 13.8. The van der Waals surface area contributed by atoms with Crippen LogP contribution in [-0.2, 0) is 9.53 Å². The van der Waals surface area contributed by atoms with Gasteiger partial charge < -0.3 is 10.1 Å². The summed E-state index contributed by atoms with van der Waals surface area (Å²) in [5.41, 5.74) is 2.89. The van der Waals surface area contributed by atoms with E-state index in [4.69, 9.17) is 4.74 Å². The molecule has 0 atom stereocenters. The Bertz CT molecular complexity index is 1660. The summed E-state index contributed by atoms with van der Waals surface area (Å²) in [5, 5.41) is 6.01. The van der Waals surface area contributed by atoms with E-state index in [0.29, 0.717) is 37.9 Å². The number of amides is 1. The topological polar surface area (TPSA) is 90.3 Å². The number of hydrogen-bond donors (Lipinski definition) is 1. The first-order chi connectivity index (χ1) is 18.6. The van der Waals surface area contributed by atoms with Crippen LogP contribution in [0.4, 0.5) is 5.00 Å². The van der Waals surface area contributed by atoms with Crippen LogP contribution in [0.15, 0.2) is 100 Å². The maximum absolute atomic E-state index is 13.4. The summed E-state index contributed by atoms with van der Waals surface area (Å²) in [6.07, 6.45) is 0. The Balaban J connectivity index is 1.43. The predicted octanol–water partition coefficient (Wildman–Crippen LogP) is 6.02. The van der Waals surface area contributed by atoms with Crippen molar-refractivity contribution in [2.75, 3.05) is 17.7 Å². The molecule has 2 heterocycles. The molecule has 0 unspecified atom stereocenters. The number of carbonyl (C=O) groups is 2. The fourth-order valence-corrected chi connectivity index (χ4v) is 5.78. The zero-order chi connectivity index (χ0) is 26.5. The van der Waals surface area contributed by atoms with E-state index in [0.717, 1.165) is 17.3 Å². The van der Waals surface area contributed by atoms with Crippen LogP contribution in [0.1, 0.15) is 17.3 Å². The highest BCUT2D eigenvalue weighted by Gasteiger charge is 2.23. The highest BCUT2D eigenvalue weighted by atomic mass is 32.2. The summed E-state index contributed by atoms with van der Waals surface area (Å²) in [4.78, 5) is 43.9. The number of thioether (sulfide) groups is 1. The molecular weight excluding hydrogens is 518 g/mol. The van der Waals surface area contributed by atoms with Gasteiger partial charge in [0, 0.05) is 10.9 Å². The first kappa shape index (κ1) is 25.4. The summed E-state index contributed by atoms with van der Waals surface area (Å²) < 4.78 is 6.80. The lowest BCUT2D eigenvalue weighted by molar-refractivity contribution is -0.113. The summed E-state index contributed by atoms with van der Waals surface area (Å²) >= 11 is 2.42. The van der Waals surface area contributed by atoms with Gasteiger partial charge in [-0.2, -0.15) is 0 Å². The van der Waals surface area contributed by atoms with Crippen LogP contribution in [0.3, 0.4) is 0 Å². The second-order valence-corrected chi connectivity index (χ2v) is 9.99. The highest BCUT2D eigenvalue weighted by Crippen LogP contribution is 2.36. The van der Waals surface area contributed by atoms with Crippen LogP contribution >= 0.6 is 23.1 Å². The van der Waals surface area contributed by atoms with Crippen molar-refractivity contribution in [2.45, 2.75) is 12.1 Å². The fraction of sp³-hybridized carbons (Fsp3) is 0.103. The molecule has 190 valence electrons. The number of nitrogens with zero attached hydrogens (tertiary/aromatic N) is 2. The zero-order valence-electron chi connectivity index (χ0n) is 20.4. The quantitative estimate of drug-likeness (QED) is 0.147. The third-order valence-electron chi connectivity index (χ3n) is 5.70. The number of anilines is 1. The largest absolute Gasteiger partial charge is 0.462 e. The second-order valence-electron chi connectivity index (χ2n) is 8.16. The van der Waals surface area contributed by atoms with Crippen molar-refractivity contribution in [2.24, 2.45) is 0 Å². The zero-order valence-corrected chi connectivity index (χ0v) is 22.1. The Morgan fingerprint density at radius 3 is 2.39 bits per heavy atom. The van der Waals surface area contributed by atoms with Gasteiger partial charge in [-0.3, -0.25) is 14.2 Å². The van der Waals surface area contributed by atoms with E-state index < -0.39 is 5.97 Å². The van der Waals surface area contributed by atoms with E-state index in [1.54, 1.807) is 25.1 Å². The summed E-state index contributed by atoms with van der Waals surface area (Å²) in [6.45, 7) is 1.96. The van der Waals surface area contributed by atoms with Crippen molar-refractivity contribution in [3.05, 3.63) is 106 Å². The fourth-order valence-electron chi connectivity index (χ4n) is 3.99. The van der Waals surface area contributed by atoms with E-state index in [2.05, 4.69) is 10.3 Å². The molecule has 0 aliphatic carbocycles. The Kier molecular flexibility index (Phi) is 7.67. The minimum Gasteiger partial charge on any atom is -0.462 e. The average Bonchev–Trinajstić information content (AvgIpc) is 3.36. The van der Waals surface area contributed by atoms with Crippen LogP contribution in [0.25, 0.3) is 27.7 Å². The van der Waals surface area contributed by atoms with Gasteiger partial charge in [0.1, 0.15) is 10.6 Å². The number of nitrogens with one attached hydrogen (secondary N) is 1. The SMILES string of the molecule is CCOC(=O)c1c(-c2ccccc2)csc1NC(=O)CSc1nc2ccccc2c(=O)n1-c1ccccc1. The second kappa shape index (κ2) is 11.5. The molecule has 0 aliphatic heterocycles. The van der Waals surface area contributed by atoms with Crippen LogP contribution < -0.4 is 10.9 Å². The van der Waals surface area contributed by atoms with Gasteiger partial charge in [-0.05, 0) is 36.8 Å². The molecule has 0 fully saturated rings. The van der Waals surface area contributed by atoms with E-state index in [1.165, 1.54) is 15.9 Å². The third-order valence-corrected chi connectivity index (χ3v) is 7.53. The molecule has 1 amide bonds. The van der Waals surface area contributed by atoms with Gasteiger partial charge in [-0.1, -0.05) is 72.4 Å². The van der Waals surface area contributed by atoms with Crippen LogP contribution in [-0.4, -0.2) is 33.8 Å². The molecule has 5 rings (SSSR count). The predicted molar refractivity (Wildman–Crippen MR) is 152 cm³/mol. The van der Waals surface area contributed by atoms with Crippen LogP contribution in [0.2, 0.25) is 0 Å². The maximum Gasteiger partial charge on any atom is 0.341 e. The maximum atomic E-state index is 13.4. The lowest BCUT2D eigenvalue weighted by Gasteiger charge is -2.13. The molecule has 38 heavy (non-hydrogen) atoms. The third kappa shape index (κ3) is 5.25. The Morgan fingerprint density at radius 1 is 0.974 bits per heavy atom. The molecule has 0 bridgehead atoms. The summed E-state index contributed by atoms with van der Waals surface area (Å²) in [6, 6.07) is 25.8. The molecule has 0 saturated heterocycles. The number of hydrogen-bond acceptors (Lipinski definition) is 7. The minimum absolute atomic E-state index is 0.0154. The van der Waals surface area contributed by atoms with E-state index >= 15 is 0 Å². The first-order valence-electron chi connectivity index (χ1n) is 11.9. The molecule has 1 N–H and O–H groups in total. The van der Waals surface area contributed by atoms with Crippen molar-refractivity contribution < 1.29 is 14.3 Å². The molecule has 7 nitrogen and oxygen atoms in total. The van der Waals surface area contributed by atoms with Gasteiger partial charge in [0.05, 0.1) is 29.0 Å². The Morgan fingerprint density at radius 2 is 1.66 bits per heavy atom. The standard InChI is InChI=1S/C29H23N3O4S2/c1-2-36-28(35)25-22(19-11-5-3-6-12-19)17-37-26(25)31-24(33)18-38-29-30-23-16-10-9-15-21(23)27(34)32(29)20-13-7-4-8-14-20/h3-17H,2,18H2,1H3,(H,31,33). The number of aromatic nitrogens is 2. The van der Waals surface area contributed by atoms with Gasteiger partial charge in [0.25, 0.3) is 5.56 Å². The monoisotopic (exact) mass is 541 g/mol. The molecule has 0 saturated carbocycles. The van der Waals surface area contributed by atoms with Gasteiger partial charge in [-0.15, -0.1) is 11.3 Å². The number of rotatable bonds is 8. The lowest BCUT2D eigenvalue weighted by atomic mass is 10.0. The minimum atomic E-state index is -0.496. The van der Waals surface area contributed by atoms with Crippen molar-refractivity contribution >= 4 is 50.9 Å². The van der Waals surface area contributed by atoms with Gasteiger partial charge >= 0.3 is 5.97 Å². The summed E-state index contributed by atoms with van der Waals surface area (Å²) in [5.74, 6) is -0.841. The smallest absolute Gasteiger partial charge is 0.341 e. The van der Waals surface area contributed by atoms with Crippen molar-refractivity contribution in [3.63, 3.8) is 0 Å². The highest BCUT2D eigenvalue weighted by molar-refractivity contribution is 7.99. The van der Waals surface area contributed by atoms with Gasteiger partial charge in [-0.25, -0.2) is 9.78 Å². The molecule has 9 heteroatoms. The van der Waals surface area contributed by atoms with Crippen molar-refractivity contribution in [1.82, 2.24) is 9.55 Å². The van der Waals surface area contributed by atoms with Crippen LogP contribution in [0.5, 0.6) is 0 Å². The molecule has 3 aromatic carbocycles. The molecular formula is C29H23N3O4S2. The van der Waals surface area contributed by atoms with Gasteiger partial charge in [0.15, 0.2) is 5.16 Å². The lowest BCUT2D eigenvalue weighted by Crippen LogP contribution is -2.23. The molecule has 0 spiro atoms. The van der Waals surface area contributed by atoms with Gasteiger partial charge in [0.2, 0.25) is 5.91 Å². The molecule has 2 aromatic heterocycles. The molecule has 5 aromatic rings. The number of thiophene rings is 1. The number of carbonyl (C=O) groups excluding carboxylic acids is 2. The number of ether oxygens (including phenoxy) is 1. The van der Waals surface area contributed by atoms with E-state index in [9.17, 15) is 14.4 Å². The Hall–Kier alpha value is -4.21. The normalized spacial score (nSPS) is 10.9. The van der Waals surface area contributed by atoms with Crippen molar-refractivity contribution in [1.29, 1.82) is 0 Å². The number of fused-ring (bicyclic) bond motifs is 1. The Labute approximate surface area is 227 Å². The molecule has 0 radical (unpaired) electrons. The number of benzene rings is 3. The molecule has 0 aliphatic rings. The summed E-state index contributed by atoms with van der Waals surface area (Å²) in [7, 11) is 0.